The SMILES string of the molecule is CC(C)C(N)CCN(C)C(=O)COCCOc1ccccc1.Cl. The molecule has 0 saturated carbocycles. The molecule has 0 spiro atoms. The number of rotatable bonds is 10. The number of likely N-dealkylation sites (N-methyl/N-ethyl adjacent to an activating group) is 1. The first-order valence-electron chi connectivity index (χ1n) is 7.76. The molecule has 23 heavy (non-hydrogen) atoms. The lowest BCUT2D eigenvalue weighted by Crippen LogP contribution is -2.36. The van der Waals surface area contributed by atoms with Crippen LogP contribution in [0.1, 0.15) is 20.3 Å². The van der Waals surface area contributed by atoms with Gasteiger partial charge >= 0.3 is 0 Å². The number of nitrogens with zero attached hydrogens (tertiary/aromatic N) is 1. The molecule has 0 aliphatic rings. The van der Waals surface area contributed by atoms with Crippen LogP contribution >= 0.6 is 12.4 Å². The molecule has 1 rings (SSSR count). The summed E-state index contributed by atoms with van der Waals surface area (Å²) in [7, 11) is 1.78. The van der Waals surface area contributed by atoms with Crippen molar-refractivity contribution in [3.05, 3.63) is 30.3 Å². The van der Waals surface area contributed by atoms with Gasteiger partial charge in [-0.05, 0) is 24.5 Å². The van der Waals surface area contributed by atoms with Gasteiger partial charge in [-0.15, -0.1) is 12.4 Å². The predicted molar refractivity (Wildman–Crippen MR) is 95.1 cm³/mol. The highest BCUT2D eigenvalue weighted by Crippen LogP contribution is 2.07. The van der Waals surface area contributed by atoms with Gasteiger partial charge in [0.05, 0.1) is 6.61 Å². The van der Waals surface area contributed by atoms with Crippen LogP contribution in [0, 0.1) is 5.92 Å². The quantitative estimate of drug-likeness (QED) is 0.662. The maximum Gasteiger partial charge on any atom is 0.248 e. The minimum atomic E-state index is -0.0318. The molecule has 1 unspecified atom stereocenters. The predicted octanol–water partition coefficient (Wildman–Crippen LogP) is 2.34. The van der Waals surface area contributed by atoms with E-state index in [1.807, 2.05) is 30.3 Å². The van der Waals surface area contributed by atoms with E-state index >= 15 is 0 Å². The van der Waals surface area contributed by atoms with Crippen molar-refractivity contribution in [2.24, 2.45) is 11.7 Å². The van der Waals surface area contributed by atoms with E-state index in [0.29, 0.717) is 25.7 Å². The largest absolute Gasteiger partial charge is 0.491 e. The molecule has 1 aromatic carbocycles. The number of carbonyl (C=O) groups is 1. The number of benzene rings is 1. The lowest BCUT2D eigenvalue weighted by molar-refractivity contribution is -0.135. The average Bonchev–Trinajstić information content (AvgIpc) is 2.52. The van der Waals surface area contributed by atoms with Gasteiger partial charge in [0.15, 0.2) is 0 Å². The van der Waals surface area contributed by atoms with E-state index in [4.69, 9.17) is 15.2 Å². The van der Waals surface area contributed by atoms with Crippen molar-refractivity contribution in [3.8, 4) is 5.75 Å². The highest BCUT2D eigenvalue weighted by molar-refractivity contribution is 5.85. The summed E-state index contributed by atoms with van der Waals surface area (Å²) in [6.07, 6.45) is 0.803. The summed E-state index contributed by atoms with van der Waals surface area (Å²) in [6, 6.07) is 9.65. The van der Waals surface area contributed by atoms with Crippen molar-refractivity contribution in [1.29, 1.82) is 0 Å². The molecule has 132 valence electrons. The summed E-state index contributed by atoms with van der Waals surface area (Å²) < 4.78 is 10.8. The zero-order chi connectivity index (χ0) is 16.4. The van der Waals surface area contributed by atoms with Crippen LogP contribution in [-0.2, 0) is 9.53 Å². The third kappa shape index (κ3) is 9.43. The topological polar surface area (TPSA) is 64.8 Å². The van der Waals surface area contributed by atoms with Crippen LogP contribution in [0.3, 0.4) is 0 Å². The zero-order valence-corrected chi connectivity index (χ0v) is 15.1. The third-order valence-corrected chi connectivity index (χ3v) is 3.55. The van der Waals surface area contributed by atoms with E-state index in [2.05, 4.69) is 13.8 Å². The summed E-state index contributed by atoms with van der Waals surface area (Å²) in [5.41, 5.74) is 5.97. The average molecular weight is 345 g/mol. The molecular weight excluding hydrogens is 316 g/mol. The Bertz CT molecular complexity index is 429. The fourth-order valence-corrected chi connectivity index (χ4v) is 1.81. The van der Waals surface area contributed by atoms with Gasteiger partial charge < -0.3 is 20.1 Å². The first-order chi connectivity index (χ1) is 10.5. The van der Waals surface area contributed by atoms with Crippen molar-refractivity contribution in [1.82, 2.24) is 4.90 Å². The number of nitrogens with two attached hydrogens (primary N) is 1. The Morgan fingerprint density at radius 1 is 1.22 bits per heavy atom. The van der Waals surface area contributed by atoms with Crippen LogP contribution in [0.15, 0.2) is 30.3 Å². The van der Waals surface area contributed by atoms with Crippen molar-refractivity contribution < 1.29 is 14.3 Å². The van der Waals surface area contributed by atoms with Crippen molar-refractivity contribution in [3.63, 3.8) is 0 Å². The summed E-state index contributed by atoms with van der Waals surface area (Å²) in [5, 5.41) is 0. The fourth-order valence-electron chi connectivity index (χ4n) is 1.81. The van der Waals surface area contributed by atoms with E-state index in [1.54, 1.807) is 11.9 Å². The summed E-state index contributed by atoms with van der Waals surface area (Å²) in [4.78, 5) is 13.5. The monoisotopic (exact) mass is 344 g/mol. The molecule has 1 aromatic rings. The van der Waals surface area contributed by atoms with Gasteiger partial charge in [-0.3, -0.25) is 4.79 Å². The van der Waals surface area contributed by atoms with Crippen molar-refractivity contribution in [2.45, 2.75) is 26.3 Å². The number of para-hydroxylation sites is 1. The van der Waals surface area contributed by atoms with Crippen LogP contribution in [0.4, 0.5) is 0 Å². The lowest BCUT2D eigenvalue weighted by Gasteiger charge is -2.21. The molecule has 0 aromatic heterocycles. The highest BCUT2D eigenvalue weighted by Gasteiger charge is 2.12. The minimum Gasteiger partial charge on any atom is -0.491 e. The fraction of sp³-hybridized carbons (Fsp3) is 0.588. The Labute approximate surface area is 145 Å². The molecular formula is C17H29ClN2O3. The standard InChI is InChI=1S/C17H28N2O3.ClH/c1-14(2)16(18)9-10-19(3)17(20)13-21-11-12-22-15-7-5-4-6-8-15;/h4-8,14,16H,9-13,18H2,1-3H3;1H. The van der Waals surface area contributed by atoms with Gasteiger partial charge in [-0.2, -0.15) is 0 Å². The number of amides is 1. The minimum absolute atomic E-state index is 0. The van der Waals surface area contributed by atoms with Crippen LogP contribution in [0.5, 0.6) is 5.75 Å². The Kier molecular flexibility index (Phi) is 11.5. The molecule has 0 saturated heterocycles. The molecule has 0 radical (unpaired) electrons. The molecule has 0 aliphatic carbocycles. The Morgan fingerprint density at radius 2 is 1.87 bits per heavy atom. The van der Waals surface area contributed by atoms with Gasteiger partial charge in [-0.25, -0.2) is 0 Å². The first kappa shape index (κ1) is 21.7. The van der Waals surface area contributed by atoms with Crippen LogP contribution in [0.25, 0.3) is 0 Å². The van der Waals surface area contributed by atoms with Gasteiger partial charge in [-0.1, -0.05) is 32.0 Å². The maximum atomic E-state index is 11.9. The van der Waals surface area contributed by atoms with E-state index in [-0.39, 0.29) is 31.0 Å². The molecule has 0 fully saturated rings. The van der Waals surface area contributed by atoms with E-state index in [1.165, 1.54) is 0 Å². The van der Waals surface area contributed by atoms with E-state index in [0.717, 1.165) is 12.2 Å². The normalized spacial score (nSPS) is 11.7. The Balaban J connectivity index is 0.00000484. The molecule has 0 aliphatic heterocycles. The lowest BCUT2D eigenvalue weighted by atomic mass is 10.0. The summed E-state index contributed by atoms with van der Waals surface area (Å²) >= 11 is 0. The van der Waals surface area contributed by atoms with Gasteiger partial charge in [0, 0.05) is 19.6 Å². The van der Waals surface area contributed by atoms with Crippen LogP contribution in [0.2, 0.25) is 0 Å². The maximum absolute atomic E-state index is 11.9. The summed E-state index contributed by atoms with van der Waals surface area (Å²) in [5.74, 6) is 1.20. The first-order valence-corrected chi connectivity index (χ1v) is 7.76. The van der Waals surface area contributed by atoms with Crippen molar-refractivity contribution >= 4 is 18.3 Å². The number of halogens is 1. The second kappa shape index (κ2) is 12.2. The van der Waals surface area contributed by atoms with Gasteiger partial charge in [0.2, 0.25) is 5.91 Å². The molecule has 1 amide bonds. The number of hydrogen-bond acceptors (Lipinski definition) is 4. The highest BCUT2D eigenvalue weighted by atomic mass is 35.5. The van der Waals surface area contributed by atoms with Crippen LogP contribution < -0.4 is 10.5 Å². The Hall–Kier alpha value is -1.30. The molecule has 0 heterocycles. The number of ether oxygens (including phenoxy) is 2. The number of carbonyl (C=O) groups excluding carboxylic acids is 1. The number of hydrogen-bond donors (Lipinski definition) is 1. The van der Waals surface area contributed by atoms with Gasteiger partial charge in [0.25, 0.3) is 0 Å². The molecule has 0 bridgehead atoms. The second-order valence-corrected chi connectivity index (χ2v) is 5.73. The molecule has 1 atom stereocenters. The molecule has 5 nitrogen and oxygen atoms in total. The molecule has 2 N–H and O–H groups in total. The smallest absolute Gasteiger partial charge is 0.248 e. The molecule has 6 heteroatoms. The van der Waals surface area contributed by atoms with Gasteiger partial charge in [0.1, 0.15) is 19.0 Å². The van der Waals surface area contributed by atoms with E-state index < -0.39 is 0 Å². The van der Waals surface area contributed by atoms with Crippen molar-refractivity contribution in [2.75, 3.05) is 33.4 Å². The third-order valence-electron chi connectivity index (χ3n) is 3.55. The van der Waals surface area contributed by atoms with Crippen LogP contribution in [-0.4, -0.2) is 50.3 Å². The van der Waals surface area contributed by atoms with E-state index in [9.17, 15) is 4.79 Å². The zero-order valence-electron chi connectivity index (χ0n) is 14.2. The summed E-state index contributed by atoms with van der Waals surface area (Å²) in [6.45, 7) is 5.72. The Morgan fingerprint density at radius 3 is 2.48 bits per heavy atom. The second-order valence-electron chi connectivity index (χ2n) is 5.73.